The van der Waals surface area contributed by atoms with Gasteiger partial charge in [-0.25, -0.2) is 4.98 Å². The van der Waals surface area contributed by atoms with Gasteiger partial charge in [0.25, 0.3) is 0 Å². The van der Waals surface area contributed by atoms with E-state index in [9.17, 15) is 0 Å². The summed E-state index contributed by atoms with van der Waals surface area (Å²) in [7, 11) is 0. The van der Waals surface area contributed by atoms with Crippen molar-refractivity contribution in [1.82, 2.24) is 9.36 Å². The van der Waals surface area contributed by atoms with Gasteiger partial charge in [0.2, 0.25) is 5.13 Å². The van der Waals surface area contributed by atoms with Gasteiger partial charge >= 0.3 is 0 Å². The molecule has 1 aromatic rings. The fourth-order valence-electron chi connectivity index (χ4n) is 4.52. The molecule has 1 aromatic heterocycles. The highest BCUT2D eigenvalue weighted by Gasteiger charge is 2.54. The Morgan fingerprint density at radius 1 is 1.32 bits per heavy atom. The fraction of sp³-hybridized carbons (Fsp3) is 0.857. The number of aromatic nitrogens is 2. The van der Waals surface area contributed by atoms with Gasteiger partial charge in [-0.2, -0.15) is 4.37 Å². The SMILES string of the molecule is Cc1nsc(N2CC3(CCOCC3)[C@@H]3CCC[C@@H]32)n1. The van der Waals surface area contributed by atoms with E-state index < -0.39 is 0 Å². The van der Waals surface area contributed by atoms with Crippen LogP contribution >= 0.6 is 11.5 Å². The van der Waals surface area contributed by atoms with Crippen molar-refractivity contribution in [3.63, 3.8) is 0 Å². The largest absolute Gasteiger partial charge is 0.381 e. The normalized spacial score (nSPS) is 33.0. The Balaban J connectivity index is 1.66. The molecule has 3 aliphatic rings. The molecule has 1 aliphatic carbocycles. The number of aryl methyl sites for hydroxylation is 1. The summed E-state index contributed by atoms with van der Waals surface area (Å²) < 4.78 is 9.98. The molecular formula is C14H21N3OS. The molecule has 0 unspecified atom stereocenters. The first kappa shape index (κ1) is 12.1. The lowest BCUT2D eigenvalue weighted by Crippen LogP contribution is -2.36. The molecule has 0 amide bonds. The molecule has 2 saturated heterocycles. The number of anilines is 1. The van der Waals surface area contributed by atoms with Crippen molar-refractivity contribution in [1.29, 1.82) is 0 Å². The van der Waals surface area contributed by atoms with Gasteiger partial charge in [-0.3, -0.25) is 0 Å². The van der Waals surface area contributed by atoms with Crippen molar-refractivity contribution in [3.05, 3.63) is 5.82 Å². The monoisotopic (exact) mass is 279 g/mol. The first-order valence-corrected chi connectivity index (χ1v) is 8.21. The average molecular weight is 279 g/mol. The molecule has 0 N–H and O–H groups in total. The van der Waals surface area contributed by atoms with Gasteiger partial charge in [-0.15, -0.1) is 0 Å². The van der Waals surface area contributed by atoms with E-state index in [0.29, 0.717) is 11.5 Å². The van der Waals surface area contributed by atoms with E-state index in [0.717, 1.165) is 30.1 Å². The summed E-state index contributed by atoms with van der Waals surface area (Å²) in [6, 6.07) is 0.713. The average Bonchev–Trinajstić information content (AvgIpc) is 3.10. The van der Waals surface area contributed by atoms with Crippen LogP contribution in [-0.2, 0) is 4.74 Å². The van der Waals surface area contributed by atoms with Crippen LogP contribution in [0.15, 0.2) is 0 Å². The van der Waals surface area contributed by atoms with Crippen molar-refractivity contribution >= 4 is 16.7 Å². The highest BCUT2D eigenvalue weighted by Crippen LogP contribution is 2.54. The highest BCUT2D eigenvalue weighted by atomic mass is 32.1. The molecular weight excluding hydrogens is 258 g/mol. The van der Waals surface area contributed by atoms with Crippen LogP contribution in [0.4, 0.5) is 5.13 Å². The molecule has 1 spiro atoms. The molecule has 0 aromatic carbocycles. The minimum atomic E-state index is 0.499. The van der Waals surface area contributed by atoms with Gasteiger partial charge in [-0.1, -0.05) is 6.42 Å². The Morgan fingerprint density at radius 3 is 2.89 bits per heavy atom. The number of hydrogen-bond acceptors (Lipinski definition) is 5. The van der Waals surface area contributed by atoms with Gasteiger partial charge in [-0.05, 0) is 43.9 Å². The number of ether oxygens (including phenoxy) is 1. The Morgan fingerprint density at radius 2 is 2.16 bits per heavy atom. The van der Waals surface area contributed by atoms with Gasteiger partial charge in [0.15, 0.2) is 0 Å². The Hall–Kier alpha value is -0.680. The van der Waals surface area contributed by atoms with Crippen LogP contribution in [0.1, 0.15) is 37.9 Å². The minimum absolute atomic E-state index is 0.499. The van der Waals surface area contributed by atoms with Crippen molar-refractivity contribution in [2.24, 2.45) is 11.3 Å². The quantitative estimate of drug-likeness (QED) is 0.792. The van der Waals surface area contributed by atoms with E-state index in [1.807, 2.05) is 6.92 Å². The third-order valence-electron chi connectivity index (χ3n) is 5.40. The van der Waals surface area contributed by atoms with E-state index in [2.05, 4.69) is 14.3 Å². The van der Waals surface area contributed by atoms with Crippen LogP contribution < -0.4 is 4.90 Å². The van der Waals surface area contributed by atoms with Crippen LogP contribution in [0.25, 0.3) is 0 Å². The second-order valence-electron chi connectivity index (χ2n) is 6.33. The lowest BCUT2D eigenvalue weighted by atomic mass is 9.71. The maximum atomic E-state index is 5.61. The van der Waals surface area contributed by atoms with E-state index in [-0.39, 0.29) is 0 Å². The van der Waals surface area contributed by atoms with Gasteiger partial charge in [0.1, 0.15) is 5.82 Å². The highest BCUT2D eigenvalue weighted by molar-refractivity contribution is 7.09. The molecule has 5 heteroatoms. The van der Waals surface area contributed by atoms with Crippen LogP contribution in [0.2, 0.25) is 0 Å². The summed E-state index contributed by atoms with van der Waals surface area (Å²) in [4.78, 5) is 7.21. The summed E-state index contributed by atoms with van der Waals surface area (Å²) in [5, 5.41) is 1.15. The van der Waals surface area contributed by atoms with E-state index in [4.69, 9.17) is 4.74 Å². The summed E-state index contributed by atoms with van der Waals surface area (Å²) >= 11 is 1.58. The molecule has 3 heterocycles. The van der Waals surface area contributed by atoms with Crippen LogP contribution in [0.3, 0.4) is 0 Å². The molecule has 0 radical (unpaired) electrons. The molecule has 19 heavy (non-hydrogen) atoms. The first-order chi connectivity index (χ1) is 9.28. The zero-order chi connectivity index (χ0) is 12.9. The summed E-state index contributed by atoms with van der Waals surface area (Å²) in [6.07, 6.45) is 6.60. The number of nitrogens with zero attached hydrogens (tertiary/aromatic N) is 3. The van der Waals surface area contributed by atoms with E-state index in [1.54, 1.807) is 11.5 Å². The van der Waals surface area contributed by atoms with Crippen molar-refractivity contribution in [3.8, 4) is 0 Å². The van der Waals surface area contributed by atoms with Crippen LogP contribution in [0.5, 0.6) is 0 Å². The summed E-state index contributed by atoms with van der Waals surface area (Å²) in [5.74, 6) is 1.78. The van der Waals surface area contributed by atoms with Crippen LogP contribution in [0, 0.1) is 18.3 Å². The molecule has 2 atom stereocenters. The standard InChI is InChI=1S/C14H21N3OS/c1-10-15-13(19-16-10)17-9-14(5-7-18-8-6-14)11-3-2-4-12(11)17/h11-12H,2-9H2,1H3/t11-,12+/m1/s1. The lowest BCUT2D eigenvalue weighted by Gasteiger charge is -2.37. The second kappa shape index (κ2) is 4.42. The van der Waals surface area contributed by atoms with Crippen molar-refractivity contribution in [2.45, 2.75) is 45.1 Å². The number of rotatable bonds is 1. The third kappa shape index (κ3) is 1.82. The van der Waals surface area contributed by atoms with E-state index >= 15 is 0 Å². The van der Waals surface area contributed by atoms with Gasteiger partial charge in [0.05, 0.1) is 0 Å². The molecule has 4 rings (SSSR count). The molecule has 104 valence electrons. The second-order valence-corrected chi connectivity index (χ2v) is 7.06. The summed E-state index contributed by atoms with van der Waals surface area (Å²) in [5.41, 5.74) is 0.499. The van der Waals surface area contributed by atoms with E-state index in [1.165, 1.54) is 38.6 Å². The number of hydrogen-bond donors (Lipinski definition) is 0. The molecule has 3 fully saturated rings. The van der Waals surface area contributed by atoms with Gasteiger partial charge in [0, 0.05) is 37.3 Å². The lowest BCUT2D eigenvalue weighted by molar-refractivity contribution is 0.00156. The van der Waals surface area contributed by atoms with Crippen molar-refractivity contribution in [2.75, 3.05) is 24.7 Å². The van der Waals surface area contributed by atoms with Crippen LogP contribution in [-0.4, -0.2) is 35.2 Å². The minimum Gasteiger partial charge on any atom is -0.381 e. The smallest absolute Gasteiger partial charge is 0.205 e. The molecule has 0 bridgehead atoms. The Bertz CT molecular complexity index is 469. The zero-order valence-electron chi connectivity index (χ0n) is 11.5. The predicted molar refractivity (Wildman–Crippen MR) is 75.6 cm³/mol. The topological polar surface area (TPSA) is 38.2 Å². The predicted octanol–water partition coefficient (Wildman–Crippen LogP) is 2.63. The summed E-state index contributed by atoms with van der Waals surface area (Å²) in [6.45, 7) is 5.07. The maximum Gasteiger partial charge on any atom is 0.205 e. The third-order valence-corrected chi connectivity index (χ3v) is 6.25. The zero-order valence-corrected chi connectivity index (χ0v) is 12.3. The molecule has 2 aliphatic heterocycles. The Kier molecular flexibility index (Phi) is 2.81. The first-order valence-electron chi connectivity index (χ1n) is 7.43. The Labute approximate surface area is 118 Å². The molecule has 4 nitrogen and oxygen atoms in total. The van der Waals surface area contributed by atoms with Gasteiger partial charge < -0.3 is 9.64 Å². The fourth-order valence-corrected chi connectivity index (χ4v) is 5.25. The molecule has 1 saturated carbocycles. The number of fused-ring (bicyclic) bond motifs is 2. The maximum absolute atomic E-state index is 5.61. The van der Waals surface area contributed by atoms with Crippen molar-refractivity contribution < 1.29 is 4.74 Å².